The summed E-state index contributed by atoms with van der Waals surface area (Å²) in [6.45, 7) is -0.459. The Bertz CT molecular complexity index is 1150. The maximum atomic E-state index is 12.1. The molecule has 31 heavy (non-hydrogen) atoms. The number of carbonyl (C=O) groups is 1. The van der Waals surface area contributed by atoms with Crippen molar-refractivity contribution in [2.24, 2.45) is 0 Å². The lowest BCUT2D eigenvalue weighted by Gasteiger charge is -2.08. The van der Waals surface area contributed by atoms with Gasteiger partial charge < -0.3 is 4.74 Å². The highest BCUT2D eigenvalue weighted by molar-refractivity contribution is 7.99. The molecule has 0 saturated carbocycles. The molecule has 0 spiro atoms. The van der Waals surface area contributed by atoms with E-state index in [1.54, 1.807) is 42.5 Å². The summed E-state index contributed by atoms with van der Waals surface area (Å²) in [4.78, 5) is 24.0. The molecule has 3 aromatic carbocycles. The fourth-order valence-corrected chi connectivity index (χ4v) is 4.28. The average molecular weight is 459 g/mol. The molecule has 10 heteroatoms. The molecule has 3 aromatic rings. The second-order valence-electron chi connectivity index (χ2n) is 6.30. The number of ether oxygens (including phenoxy) is 1. The number of nitro groups is 1. The second-order valence-corrected chi connectivity index (χ2v) is 9.21. The highest BCUT2D eigenvalue weighted by atomic mass is 32.2. The van der Waals surface area contributed by atoms with E-state index >= 15 is 0 Å². The van der Waals surface area contributed by atoms with E-state index in [4.69, 9.17) is 4.74 Å². The van der Waals surface area contributed by atoms with E-state index in [0.717, 1.165) is 15.4 Å². The molecule has 0 aliphatic rings. The quantitative estimate of drug-likeness (QED) is 0.295. The van der Waals surface area contributed by atoms with E-state index < -0.39 is 27.5 Å². The van der Waals surface area contributed by atoms with Crippen LogP contribution < -0.4 is 4.72 Å². The number of carbonyl (C=O) groups excluding carboxylic acids is 1. The van der Waals surface area contributed by atoms with Crippen LogP contribution >= 0.6 is 11.8 Å². The minimum atomic E-state index is -3.77. The summed E-state index contributed by atoms with van der Waals surface area (Å²) in [7, 11) is -3.77. The minimum Gasteiger partial charge on any atom is -0.460 e. The molecule has 0 heterocycles. The molecule has 3 rings (SSSR count). The zero-order valence-corrected chi connectivity index (χ0v) is 17.8. The normalized spacial score (nSPS) is 11.1. The third-order valence-electron chi connectivity index (χ3n) is 4.07. The Labute approximate surface area is 183 Å². The van der Waals surface area contributed by atoms with Gasteiger partial charge in [0.25, 0.3) is 5.69 Å². The molecule has 0 unspecified atom stereocenters. The molecule has 0 aliphatic heterocycles. The predicted molar refractivity (Wildman–Crippen MR) is 115 cm³/mol. The molecule has 160 valence electrons. The van der Waals surface area contributed by atoms with Crippen molar-refractivity contribution >= 4 is 33.4 Å². The Morgan fingerprint density at radius 1 is 0.935 bits per heavy atom. The van der Waals surface area contributed by atoms with Crippen molar-refractivity contribution in [3.63, 3.8) is 0 Å². The van der Waals surface area contributed by atoms with Crippen LogP contribution in [-0.2, 0) is 26.2 Å². The van der Waals surface area contributed by atoms with Gasteiger partial charge in [-0.3, -0.25) is 14.9 Å². The van der Waals surface area contributed by atoms with E-state index in [1.807, 2.05) is 12.1 Å². The van der Waals surface area contributed by atoms with Gasteiger partial charge in [0.1, 0.15) is 13.2 Å². The van der Waals surface area contributed by atoms with Gasteiger partial charge in [0.15, 0.2) is 0 Å². The number of nitrogens with zero attached hydrogens (tertiary/aromatic N) is 1. The summed E-state index contributed by atoms with van der Waals surface area (Å²) in [6.07, 6.45) is 0. The van der Waals surface area contributed by atoms with Crippen LogP contribution in [0, 0.1) is 10.1 Å². The predicted octanol–water partition coefficient (Wildman–Crippen LogP) is 3.77. The molecular formula is C21H18N2O6S2. The monoisotopic (exact) mass is 458 g/mol. The Hall–Kier alpha value is -3.21. The molecular weight excluding hydrogens is 440 g/mol. The standard InChI is InChI=1S/C21H18N2O6S2/c24-21(14-22-31(27,28)20-4-2-1-3-5-20)29-15-16-6-10-18(11-7-16)30-19-12-8-17(9-13-19)23(25)26/h1-13,22H,14-15H2. The minimum absolute atomic E-state index is 0.00831. The van der Waals surface area contributed by atoms with Gasteiger partial charge in [-0.2, -0.15) is 4.72 Å². The van der Waals surface area contributed by atoms with E-state index in [1.165, 1.54) is 36.0 Å². The number of nitro benzene ring substituents is 1. The zero-order chi connectivity index (χ0) is 22.3. The van der Waals surface area contributed by atoms with Crippen LogP contribution in [0.3, 0.4) is 0 Å². The lowest BCUT2D eigenvalue weighted by atomic mass is 10.2. The van der Waals surface area contributed by atoms with Gasteiger partial charge in [0.05, 0.1) is 9.82 Å². The maximum Gasteiger partial charge on any atom is 0.321 e. The van der Waals surface area contributed by atoms with Crippen molar-refractivity contribution in [2.75, 3.05) is 6.54 Å². The summed E-state index contributed by atoms with van der Waals surface area (Å²) in [5.74, 6) is -0.691. The van der Waals surface area contributed by atoms with Crippen molar-refractivity contribution in [1.82, 2.24) is 4.72 Å². The van der Waals surface area contributed by atoms with Crippen LogP contribution in [0.15, 0.2) is 93.5 Å². The van der Waals surface area contributed by atoms with Crippen molar-refractivity contribution in [3.8, 4) is 0 Å². The van der Waals surface area contributed by atoms with Crippen molar-refractivity contribution in [3.05, 3.63) is 94.5 Å². The second kappa shape index (κ2) is 10.2. The summed E-state index contributed by atoms with van der Waals surface area (Å²) in [5, 5.41) is 10.7. The van der Waals surface area contributed by atoms with Gasteiger partial charge in [0, 0.05) is 21.9 Å². The Morgan fingerprint density at radius 3 is 2.10 bits per heavy atom. The average Bonchev–Trinajstić information content (AvgIpc) is 2.78. The van der Waals surface area contributed by atoms with Gasteiger partial charge in [-0.1, -0.05) is 42.1 Å². The molecule has 0 fully saturated rings. The van der Waals surface area contributed by atoms with E-state index in [9.17, 15) is 23.3 Å². The number of non-ortho nitro benzene ring substituents is 1. The first-order valence-electron chi connectivity index (χ1n) is 9.05. The smallest absolute Gasteiger partial charge is 0.321 e. The van der Waals surface area contributed by atoms with E-state index in [-0.39, 0.29) is 17.2 Å². The van der Waals surface area contributed by atoms with Crippen molar-refractivity contribution in [2.45, 2.75) is 21.3 Å². The first-order valence-corrected chi connectivity index (χ1v) is 11.3. The molecule has 8 nitrogen and oxygen atoms in total. The Balaban J connectivity index is 1.47. The third kappa shape index (κ3) is 6.64. The summed E-state index contributed by atoms with van der Waals surface area (Å²) < 4.78 is 31.5. The fraction of sp³-hybridized carbons (Fsp3) is 0.0952. The summed E-state index contributed by atoms with van der Waals surface area (Å²) in [5.41, 5.74) is 0.778. The lowest BCUT2D eigenvalue weighted by molar-refractivity contribution is -0.384. The topological polar surface area (TPSA) is 116 Å². The van der Waals surface area contributed by atoms with Gasteiger partial charge >= 0.3 is 5.97 Å². The van der Waals surface area contributed by atoms with Gasteiger partial charge in [-0.05, 0) is 42.0 Å². The zero-order valence-electron chi connectivity index (χ0n) is 16.1. The van der Waals surface area contributed by atoms with Crippen LogP contribution in [0.25, 0.3) is 0 Å². The number of rotatable bonds is 9. The first kappa shape index (κ1) is 22.5. The largest absolute Gasteiger partial charge is 0.460 e. The number of esters is 1. The van der Waals surface area contributed by atoms with Crippen LogP contribution in [0.1, 0.15) is 5.56 Å². The molecule has 0 bridgehead atoms. The van der Waals surface area contributed by atoms with Gasteiger partial charge in [0.2, 0.25) is 10.0 Å². The third-order valence-corrected chi connectivity index (χ3v) is 6.50. The molecule has 0 amide bonds. The number of hydrogen-bond donors (Lipinski definition) is 1. The van der Waals surface area contributed by atoms with E-state index in [0.29, 0.717) is 0 Å². The summed E-state index contributed by atoms with van der Waals surface area (Å²) >= 11 is 1.44. The molecule has 0 aliphatic carbocycles. The van der Waals surface area contributed by atoms with Crippen molar-refractivity contribution < 1.29 is 22.9 Å². The van der Waals surface area contributed by atoms with Crippen LogP contribution in [0.5, 0.6) is 0 Å². The maximum absolute atomic E-state index is 12.1. The highest BCUT2D eigenvalue weighted by Gasteiger charge is 2.15. The van der Waals surface area contributed by atoms with Crippen LogP contribution in [0.2, 0.25) is 0 Å². The lowest BCUT2D eigenvalue weighted by Crippen LogP contribution is -2.30. The molecule has 1 N–H and O–H groups in total. The van der Waals surface area contributed by atoms with Crippen LogP contribution in [0.4, 0.5) is 5.69 Å². The molecule has 0 atom stereocenters. The molecule has 0 aromatic heterocycles. The number of sulfonamides is 1. The van der Waals surface area contributed by atoms with Crippen molar-refractivity contribution in [1.29, 1.82) is 0 Å². The van der Waals surface area contributed by atoms with Gasteiger partial charge in [-0.15, -0.1) is 0 Å². The number of benzene rings is 3. The highest BCUT2D eigenvalue weighted by Crippen LogP contribution is 2.29. The molecule has 0 saturated heterocycles. The fourth-order valence-electron chi connectivity index (χ4n) is 2.48. The SMILES string of the molecule is O=C(CNS(=O)(=O)c1ccccc1)OCc1ccc(Sc2ccc([N+](=O)[O-])cc2)cc1. The van der Waals surface area contributed by atoms with Crippen LogP contribution in [-0.4, -0.2) is 25.9 Å². The molecule has 0 radical (unpaired) electrons. The van der Waals surface area contributed by atoms with Gasteiger partial charge in [-0.25, -0.2) is 8.42 Å². The Kier molecular flexibility index (Phi) is 7.40. The van der Waals surface area contributed by atoms with E-state index in [2.05, 4.69) is 4.72 Å². The Morgan fingerprint density at radius 2 is 1.52 bits per heavy atom. The first-order chi connectivity index (χ1) is 14.8. The summed E-state index contributed by atoms with van der Waals surface area (Å²) in [6, 6.07) is 21.3. The number of nitrogens with one attached hydrogen (secondary N) is 1. The number of hydrogen-bond acceptors (Lipinski definition) is 7.